The maximum absolute atomic E-state index is 14.0. The third-order valence-electron chi connectivity index (χ3n) is 6.55. The number of fused-ring (bicyclic) bond motifs is 1. The Kier molecular flexibility index (Phi) is 9.01. The van der Waals surface area contributed by atoms with Crippen molar-refractivity contribution in [3.05, 3.63) is 122 Å². The maximum atomic E-state index is 14.0. The second-order valence-electron chi connectivity index (χ2n) is 9.18. The Morgan fingerprint density at radius 2 is 1.69 bits per heavy atom. The van der Waals surface area contributed by atoms with Gasteiger partial charge in [-0.2, -0.15) is 0 Å². The summed E-state index contributed by atoms with van der Waals surface area (Å²) in [5.41, 5.74) is 2.14. The Bertz CT molecular complexity index is 1930. The molecular weight excluding hydrogens is 642 g/mol. The fraction of sp³-hybridized carbons (Fsp3) is 0.167. The Morgan fingerprint density at radius 3 is 2.38 bits per heavy atom. The first-order valence-electron chi connectivity index (χ1n) is 12.4. The summed E-state index contributed by atoms with van der Waals surface area (Å²) in [7, 11) is 2.78. The van der Waals surface area contributed by atoms with Gasteiger partial charge in [0.05, 0.1) is 40.1 Å². The highest BCUT2D eigenvalue weighted by Crippen LogP contribution is 2.37. The minimum absolute atomic E-state index is 0.199. The zero-order valence-electron chi connectivity index (χ0n) is 22.4. The van der Waals surface area contributed by atoms with Gasteiger partial charge in [-0.3, -0.25) is 9.36 Å². The highest BCUT2D eigenvalue weighted by molar-refractivity contribution is 7.07. The van der Waals surface area contributed by atoms with E-state index >= 15 is 0 Å². The van der Waals surface area contributed by atoms with E-state index in [-0.39, 0.29) is 17.7 Å². The lowest BCUT2D eigenvalue weighted by molar-refractivity contribution is -0.136. The molecule has 42 heavy (non-hydrogen) atoms. The highest BCUT2D eigenvalue weighted by Gasteiger charge is 2.35. The number of rotatable bonds is 7. The molecule has 0 saturated heterocycles. The standard InChI is InChI=1S/C30H22Cl4N2O5S/c1-15-26(29(38)40-3)27(20-13-19(32)6-9-24(20)39-2)36-28(37)25(42-30(36)35-15)12-17-11-18(31)5-8-23(17)41-14-16-4-7-21(33)22(34)10-16/h4-13,27H,14H2,1-3H3/b25-12-/t27-/m1/s1. The number of hydrogen-bond acceptors (Lipinski definition) is 7. The number of halogens is 4. The minimum Gasteiger partial charge on any atom is -0.496 e. The van der Waals surface area contributed by atoms with Gasteiger partial charge >= 0.3 is 5.97 Å². The molecule has 0 saturated carbocycles. The molecule has 7 nitrogen and oxygen atoms in total. The monoisotopic (exact) mass is 662 g/mol. The molecule has 0 aliphatic carbocycles. The van der Waals surface area contributed by atoms with Gasteiger partial charge in [-0.1, -0.05) is 63.8 Å². The van der Waals surface area contributed by atoms with Crippen molar-refractivity contribution >= 4 is 69.8 Å². The smallest absolute Gasteiger partial charge is 0.338 e. The van der Waals surface area contributed by atoms with E-state index in [1.54, 1.807) is 61.5 Å². The summed E-state index contributed by atoms with van der Waals surface area (Å²) in [5.74, 6) is 0.323. The molecule has 1 aliphatic heterocycles. The molecule has 3 aromatic carbocycles. The van der Waals surface area contributed by atoms with Crippen molar-refractivity contribution < 1.29 is 19.0 Å². The number of carbonyl (C=O) groups is 1. The topological polar surface area (TPSA) is 79.1 Å². The quantitative estimate of drug-likeness (QED) is 0.208. The molecule has 2 heterocycles. The van der Waals surface area contributed by atoms with E-state index in [9.17, 15) is 9.59 Å². The summed E-state index contributed by atoms with van der Waals surface area (Å²) in [6, 6.07) is 14.5. The van der Waals surface area contributed by atoms with Gasteiger partial charge in [-0.15, -0.1) is 0 Å². The van der Waals surface area contributed by atoms with Crippen LogP contribution in [0.5, 0.6) is 11.5 Å². The van der Waals surface area contributed by atoms with Crippen LogP contribution in [-0.2, 0) is 16.1 Å². The zero-order chi connectivity index (χ0) is 30.1. The minimum atomic E-state index is -0.894. The second kappa shape index (κ2) is 12.5. The number of esters is 1. The molecule has 0 bridgehead atoms. The van der Waals surface area contributed by atoms with E-state index in [0.29, 0.717) is 57.7 Å². The SMILES string of the molecule is COC(=O)C1=C(C)N=c2s/c(=C\c3cc(Cl)ccc3OCc3ccc(Cl)c(Cl)c3)c(=O)n2[C@@H]1c1cc(Cl)ccc1OC. The van der Waals surface area contributed by atoms with Crippen molar-refractivity contribution in [1.82, 2.24) is 4.57 Å². The molecule has 12 heteroatoms. The molecule has 216 valence electrons. The van der Waals surface area contributed by atoms with Crippen LogP contribution in [0.1, 0.15) is 29.7 Å². The molecule has 1 atom stereocenters. The average molecular weight is 664 g/mol. The number of ether oxygens (including phenoxy) is 3. The zero-order valence-corrected chi connectivity index (χ0v) is 26.3. The first-order valence-corrected chi connectivity index (χ1v) is 14.7. The van der Waals surface area contributed by atoms with Gasteiger partial charge < -0.3 is 14.2 Å². The van der Waals surface area contributed by atoms with E-state index in [1.807, 2.05) is 6.07 Å². The van der Waals surface area contributed by atoms with Crippen molar-refractivity contribution in [2.24, 2.45) is 4.99 Å². The second-order valence-corrected chi connectivity index (χ2v) is 11.9. The van der Waals surface area contributed by atoms with Crippen molar-refractivity contribution in [3.63, 3.8) is 0 Å². The normalized spacial score (nSPS) is 14.8. The van der Waals surface area contributed by atoms with Gasteiger partial charge in [0.1, 0.15) is 24.1 Å². The van der Waals surface area contributed by atoms with Gasteiger partial charge in [0, 0.05) is 21.2 Å². The van der Waals surface area contributed by atoms with Crippen LogP contribution in [0.2, 0.25) is 20.1 Å². The van der Waals surface area contributed by atoms with Crippen LogP contribution < -0.4 is 24.4 Å². The number of aromatic nitrogens is 1. The van der Waals surface area contributed by atoms with Crippen molar-refractivity contribution in [1.29, 1.82) is 0 Å². The molecule has 0 unspecified atom stereocenters. The molecule has 4 aromatic rings. The summed E-state index contributed by atoms with van der Waals surface area (Å²) >= 11 is 26.0. The summed E-state index contributed by atoms with van der Waals surface area (Å²) in [6.07, 6.45) is 1.68. The van der Waals surface area contributed by atoms with Gasteiger partial charge in [-0.05, 0) is 67.1 Å². The predicted octanol–water partition coefficient (Wildman–Crippen LogP) is 6.61. The van der Waals surface area contributed by atoms with Gasteiger partial charge in [0.15, 0.2) is 4.80 Å². The fourth-order valence-electron chi connectivity index (χ4n) is 4.60. The molecule has 1 aromatic heterocycles. The van der Waals surface area contributed by atoms with Crippen molar-refractivity contribution in [2.75, 3.05) is 14.2 Å². The largest absolute Gasteiger partial charge is 0.496 e. The summed E-state index contributed by atoms with van der Waals surface area (Å²) in [5, 5.41) is 1.74. The molecule has 0 radical (unpaired) electrons. The summed E-state index contributed by atoms with van der Waals surface area (Å²) in [6.45, 7) is 1.90. The Labute approximate surface area is 264 Å². The van der Waals surface area contributed by atoms with Crippen molar-refractivity contribution in [3.8, 4) is 11.5 Å². The lowest BCUT2D eigenvalue weighted by atomic mass is 9.95. The number of hydrogen-bond donors (Lipinski definition) is 0. The lowest BCUT2D eigenvalue weighted by Gasteiger charge is -2.25. The molecule has 5 rings (SSSR count). The Hall–Kier alpha value is -3.27. The van der Waals surface area contributed by atoms with Crippen LogP contribution >= 0.6 is 57.7 Å². The third-order valence-corrected chi connectivity index (χ3v) is 8.74. The lowest BCUT2D eigenvalue weighted by Crippen LogP contribution is -2.40. The van der Waals surface area contributed by atoms with Gasteiger partial charge in [-0.25, -0.2) is 9.79 Å². The molecule has 0 spiro atoms. The van der Waals surface area contributed by atoms with E-state index < -0.39 is 12.0 Å². The number of benzene rings is 3. The number of nitrogens with zero attached hydrogens (tertiary/aromatic N) is 2. The van der Waals surface area contributed by atoms with E-state index in [1.165, 1.54) is 30.1 Å². The number of methoxy groups -OCH3 is 2. The molecule has 0 amide bonds. The summed E-state index contributed by atoms with van der Waals surface area (Å²) in [4.78, 5) is 32.0. The van der Waals surface area contributed by atoms with Crippen molar-refractivity contribution in [2.45, 2.75) is 19.6 Å². The highest BCUT2D eigenvalue weighted by atomic mass is 35.5. The first kappa shape index (κ1) is 30.2. The van der Waals surface area contributed by atoms with E-state index in [0.717, 1.165) is 5.56 Å². The van der Waals surface area contributed by atoms with Crippen LogP contribution in [0.3, 0.4) is 0 Å². The predicted molar refractivity (Wildman–Crippen MR) is 166 cm³/mol. The molecule has 0 fully saturated rings. The van der Waals surface area contributed by atoms with Crippen LogP contribution in [0.15, 0.2) is 75.7 Å². The van der Waals surface area contributed by atoms with E-state index in [4.69, 9.17) is 60.6 Å². The first-order chi connectivity index (χ1) is 20.1. The average Bonchev–Trinajstić information content (AvgIpc) is 3.27. The maximum Gasteiger partial charge on any atom is 0.338 e. The van der Waals surface area contributed by atoms with E-state index in [2.05, 4.69) is 4.99 Å². The number of carbonyl (C=O) groups excluding carboxylic acids is 1. The van der Waals surface area contributed by atoms with Gasteiger partial charge in [0.25, 0.3) is 5.56 Å². The molecule has 0 N–H and O–H groups in total. The Morgan fingerprint density at radius 1 is 0.976 bits per heavy atom. The fourth-order valence-corrected chi connectivity index (χ4v) is 6.32. The Balaban J connectivity index is 1.65. The third kappa shape index (κ3) is 5.96. The molecule has 1 aliphatic rings. The number of thiazole rings is 1. The van der Waals surface area contributed by atoms with Crippen LogP contribution in [-0.4, -0.2) is 24.8 Å². The van der Waals surface area contributed by atoms with Crippen LogP contribution in [0, 0.1) is 0 Å². The summed E-state index contributed by atoms with van der Waals surface area (Å²) < 4.78 is 18.5. The van der Waals surface area contributed by atoms with Crippen LogP contribution in [0.25, 0.3) is 6.08 Å². The molecular formula is C30H22Cl4N2O5S. The van der Waals surface area contributed by atoms with Crippen LogP contribution in [0.4, 0.5) is 0 Å². The number of allylic oxidation sites excluding steroid dienone is 1. The van der Waals surface area contributed by atoms with Gasteiger partial charge in [0.2, 0.25) is 0 Å².